The minimum atomic E-state index is -4.66. The Morgan fingerprint density at radius 3 is 2.43 bits per heavy atom. The van der Waals surface area contributed by atoms with Crippen molar-refractivity contribution < 1.29 is 37.1 Å². The zero-order valence-corrected chi connectivity index (χ0v) is 20.2. The number of carbonyl (C=O) groups is 4. The van der Waals surface area contributed by atoms with Crippen LogP contribution in [0.1, 0.15) is 46.5 Å². The largest absolute Gasteiger partial charge is 0.453 e. The minimum Gasteiger partial charge on any atom is -0.453 e. The summed E-state index contributed by atoms with van der Waals surface area (Å²) in [6, 6.07) is -2.01. The number of halogens is 3. The SMILES string of the molecule is COC(=O)N[C@H](C(=O)N1C[C@H](C(F)(F)F)C[C@H]1C(=O)N[C@H](C#N)C[C@@H]1CCCNC1=O)C(C)(C)C. The predicted molar refractivity (Wildman–Crippen MR) is 116 cm³/mol. The first-order chi connectivity index (χ1) is 16.2. The average molecular weight is 504 g/mol. The minimum absolute atomic E-state index is 0.00590. The summed E-state index contributed by atoms with van der Waals surface area (Å²) in [6.07, 6.45) is -5.04. The third kappa shape index (κ3) is 7.22. The van der Waals surface area contributed by atoms with Crippen LogP contribution in [0.3, 0.4) is 0 Å². The second-order valence-electron chi connectivity index (χ2n) is 9.97. The molecule has 196 valence electrons. The van der Waals surface area contributed by atoms with E-state index in [0.29, 0.717) is 19.4 Å². The van der Waals surface area contributed by atoms with Crippen LogP contribution in [-0.4, -0.2) is 73.2 Å². The Kier molecular flexibility index (Phi) is 8.97. The monoisotopic (exact) mass is 503 g/mol. The van der Waals surface area contributed by atoms with E-state index in [4.69, 9.17) is 0 Å². The molecule has 3 N–H and O–H groups in total. The normalized spacial score (nSPS) is 24.6. The molecular formula is C22H32F3N5O5. The summed E-state index contributed by atoms with van der Waals surface area (Å²) in [7, 11) is 1.08. The van der Waals surface area contributed by atoms with Crippen molar-refractivity contribution in [2.24, 2.45) is 17.3 Å². The molecule has 10 nitrogen and oxygen atoms in total. The van der Waals surface area contributed by atoms with Crippen LogP contribution < -0.4 is 16.0 Å². The lowest BCUT2D eigenvalue weighted by atomic mass is 9.85. The van der Waals surface area contributed by atoms with Gasteiger partial charge >= 0.3 is 12.3 Å². The fourth-order valence-electron chi connectivity index (χ4n) is 4.31. The predicted octanol–water partition coefficient (Wildman–Crippen LogP) is 1.46. The summed E-state index contributed by atoms with van der Waals surface area (Å²) in [4.78, 5) is 51.0. The van der Waals surface area contributed by atoms with Gasteiger partial charge in [-0.15, -0.1) is 0 Å². The molecule has 0 bridgehead atoms. The molecule has 2 saturated heterocycles. The summed E-state index contributed by atoms with van der Waals surface area (Å²) in [5.41, 5.74) is -0.911. The van der Waals surface area contributed by atoms with Gasteiger partial charge in [0.05, 0.1) is 19.1 Å². The molecule has 0 unspecified atom stereocenters. The third-order valence-electron chi connectivity index (χ3n) is 6.30. The number of alkyl halides is 3. The highest BCUT2D eigenvalue weighted by molar-refractivity contribution is 5.92. The highest BCUT2D eigenvalue weighted by Crippen LogP contribution is 2.38. The molecule has 0 spiro atoms. The van der Waals surface area contributed by atoms with Gasteiger partial charge in [-0.05, 0) is 31.1 Å². The second-order valence-corrected chi connectivity index (χ2v) is 9.97. The molecule has 2 aliphatic heterocycles. The van der Waals surface area contributed by atoms with Crippen LogP contribution in [-0.2, 0) is 19.1 Å². The lowest BCUT2D eigenvalue weighted by molar-refractivity contribution is -0.171. The number of nitrogens with one attached hydrogen (secondary N) is 3. The highest BCUT2D eigenvalue weighted by atomic mass is 19.4. The number of likely N-dealkylation sites (tertiary alicyclic amines) is 1. The average Bonchev–Trinajstić information content (AvgIpc) is 3.23. The van der Waals surface area contributed by atoms with Gasteiger partial charge < -0.3 is 25.6 Å². The number of nitriles is 1. The van der Waals surface area contributed by atoms with E-state index in [1.165, 1.54) is 0 Å². The van der Waals surface area contributed by atoms with Gasteiger partial charge in [0, 0.05) is 19.0 Å². The molecule has 0 saturated carbocycles. The van der Waals surface area contributed by atoms with Gasteiger partial charge in [-0.3, -0.25) is 14.4 Å². The lowest BCUT2D eigenvalue weighted by Crippen LogP contribution is -2.58. The fraction of sp³-hybridized carbons (Fsp3) is 0.773. The molecule has 0 aromatic rings. The van der Waals surface area contributed by atoms with Crippen LogP contribution in [0.5, 0.6) is 0 Å². The number of amides is 4. The van der Waals surface area contributed by atoms with Crippen LogP contribution in [0.2, 0.25) is 0 Å². The Morgan fingerprint density at radius 2 is 1.91 bits per heavy atom. The van der Waals surface area contributed by atoms with E-state index < -0.39 is 72.4 Å². The Hall–Kier alpha value is -3.04. The summed E-state index contributed by atoms with van der Waals surface area (Å²) in [5.74, 6) is -4.49. The maximum Gasteiger partial charge on any atom is 0.407 e. The molecule has 13 heteroatoms. The van der Waals surface area contributed by atoms with E-state index in [-0.39, 0.29) is 12.3 Å². The van der Waals surface area contributed by atoms with E-state index in [1.807, 2.05) is 6.07 Å². The summed E-state index contributed by atoms with van der Waals surface area (Å²) < 4.78 is 45.2. The number of carbonyl (C=O) groups excluding carboxylic acids is 4. The molecule has 2 fully saturated rings. The smallest absolute Gasteiger partial charge is 0.407 e. The van der Waals surface area contributed by atoms with Crippen LogP contribution >= 0.6 is 0 Å². The number of ether oxygens (including phenoxy) is 1. The fourth-order valence-corrected chi connectivity index (χ4v) is 4.31. The van der Waals surface area contributed by atoms with Crippen LogP contribution in [0, 0.1) is 28.6 Å². The number of hydrogen-bond acceptors (Lipinski definition) is 6. The Bertz CT molecular complexity index is 867. The Balaban J connectivity index is 2.25. The molecule has 35 heavy (non-hydrogen) atoms. The standard InChI is InChI=1S/C22H32F3N5O5/c1-21(2,3)16(29-20(34)35-4)19(33)30-11-13(22(23,24)25)9-15(30)18(32)28-14(10-26)8-12-6-5-7-27-17(12)31/h12-16H,5-9,11H2,1-4H3,(H,27,31)(H,28,32)(H,29,34)/t12-,13+,14-,15-,16+/m0/s1. The molecule has 4 amide bonds. The number of methoxy groups -OCH3 is 1. The number of hydrogen-bond donors (Lipinski definition) is 3. The van der Waals surface area contributed by atoms with Crippen LogP contribution in [0.15, 0.2) is 0 Å². The summed E-state index contributed by atoms with van der Waals surface area (Å²) in [6.45, 7) is 4.58. The number of alkyl carbamates (subject to hydrolysis) is 1. The second kappa shape index (κ2) is 11.1. The van der Waals surface area contributed by atoms with Crippen molar-refractivity contribution in [2.45, 2.75) is 70.8 Å². The molecule has 0 radical (unpaired) electrons. The van der Waals surface area contributed by atoms with Crippen molar-refractivity contribution in [1.82, 2.24) is 20.9 Å². The van der Waals surface area contributed by atoms with E-state index in [2.05, 4.69) is 20.7 Å². The lowest BCUT2D eigenvalue weighted by Gasteiger charge is -2.35. The van der Waals surface area contributed by atoms with Gasteiger partial charge in [0.2, 0.25) is 17.7 Å². The Morgan fingerprint density at radius 1 is 1.26 bits per heavy atom. The zero-order chi connectivity index (χ0) is 26.6. The van der Waals surface area contributed by atoms with E-state index in [0.717, 1.165) is 12.0 Å². The first-order valence-corrected chi connectivity index (χ1v) is 11.4. The topological polar surface area (TPSA) is 141 Å². The van der Waals surface area contributed by atoms with E-state index >= 15 is 0 Å². The molecule has 2 rings (SSSR count). The molecule has 0 aromatic carbocycles. The van der Waals surface area contributed by atoms with Gasteiger partial charge in [-0.1, -0.05) is 20.8 Å². The number of piperidine rings is 1. The summed E-state index contributed by atoms with van der Waals surface area (Å²) in [5, 5.41) is 16.9. The first kappa shape index (κ1) is 28.2. The van der Waals surface area contributed by atoms with Crippen LogP contribution in [0.25, 0.3) is 0 Å². The van der Waals surface area contributed by atoms with Gasteiger partial charge in [0.1, 0.15) is 18.1 Å². The van der Waals surface area contributed by atoms with Crippen molar-refractivity contribution in [3.8, 4) is 6.07 Å². The van der Waals surface area contributed by atoms with Gasteiger partial charge in [-0.2, -0.15) is 18.4 Å². The molecular weight excluding hydrogens is 471 g/mol. The third-order valence-corrected chi connectivity index (χ3v) is 6.30. The van der Waals surface area contributed by atoms with Crippen molar-refractivity contribution in [3.05, 3.63) is 0 Å². The molecule has 2 aliphatic rings. The highest BCUT2D eigenvalue weighted by Gasteiger charge is 2.53. The van der Waals surface area contributed by atoms with Crippen molar-refractivity contribution in [3.63, 3.8) is 0 Å². The van der Waals surface area contributed by atoms with Gasteiger partial charge in [0.15, 0.2) is 0 Å². The van der Waals surface area contributed by atoms with E-state index in [9.17, 15) is 37.6 Å². The number of nitrogens with zero attached hydrogens (tertiary/aromatic N) is 2. The summed E-state index contributed by atoms with van der Waals surface area (Å²) >= 11 is 0. The van der Waals surface area contributed by atoms with E-state index in [1.54, 1.807) is 20.8 Å². The molecule has 5 atom stereocenters. The number of rotatable bonds is 6. The van der Waals surface area contributed by atoms with Crippen LogP contribution in [0.4, 0.5) is 18.0 Å². The zero-order valence-electron chi connectivity index (χ0n) is 20.2. The van der Waals surface area contributed by atoms with Gasteiger partial charge in [-0.25, -0.2) is 4.79 Å². The van der Waals surface area contributed by atoms with Gasteiger partial charge in [0.25, 0.3) is 0 Å². The quantitative estimate of drug-likeness (QED) is 0.501. The first-order valence-electron chi connectivity index (χ1n) is 11.4. The molecule has 0 aliphatic carbocycles. The van der Waals surface area contributed by atoms with Crippen molar-refractivity contribution in [1.29, 1.82) is 5.26 Å². The molecule has 2 heterocycles. The molecule has 0 aromatic heterocycles. The van der Waals surface area contributed by atoms with Crippen molar-refractivity contribution in [2.75, 3.05) is 20.2 Å². The maximum atomic E-state index is 13.6. The Labute approximate surface area is 201 Å². The van der Waals surface area contributed by atoms with Crippen molar-refractivity contribution >= 4 is 23.8 Å². The maximum absolute atomic E-state index is 13.6.